The lowest BCUT2D eigenvalue weighted by Gasteiger charge is -2.24. The third-order valence-electron chi connectivity index (χ3n) is 4.42. The summed E-state index contributed by atoms with van der Waals surface area (Å²) in [5.41, 5.74) is 11.2. The van der Waals surface area contributed by atoms with Gasteiger partial charge in [-0.05, 0) is 36.0 Å². The van der Waals surface area contributed by atoms with Crippen molar-refractivity contribution in [1.82, 2.24) is 9.69 Å². The summed E-state index contributed by atoms with van der Waals surface area (Å²) in [7, 11) is 2.94. The number of nitrogens with one attached hydrogen (secondary N) is 1. The predicted octanol–water partition coefficient (Wildman–Crippen LogP) is 1.65. The van der Waals surface area contributed by atoms with E-state index >= 15 is 0 Å². The fourth-order valence-corrected chi connectivity index (χ4v) is 3.48. The number of benzene rings is 1. The van der Waals surface area contributed by atoms with Crippen LogP contribution in [0.25, 0.3) is 0 Å². The van der Waals surface area contributed by atoms with Crippen molar-refractivity contribution in [1.29, 1.82) is 0 Å². The van der Waals surface area contributed by atoms with E-state index in [2.05, 4.69) is 9.69 Å². The number of anilines is 2. The van der Waals surface area contributed by atoms with Gasteiger partial charge in [0.2, 0.25) is 5.91 Å². The quantitative estimate of drug-likeness (QED) is 0.499. The Balaban J connectivity index is 2.42. The first-order valence-corrected chi connectivity index (χ1v) is 10.3. The average Bonchev–Trinajstić information content (AvgIpc) is 3.12. The van der Waals surface area contributed by atoms with Crippen molar-refractivity contribution in [2.45, 2.75) is 20.3 Å². The van der Waals surface area contributed by atoms with Crippen LogP contribution in [-0.2, 0) is 4.79 Å². The van der Waals surface area contributed by atoms with E-state index in [0.29, 0.717) is 29.6 Å². The minimum absolute atomic E-state index is 0.00153. The number of carbonyl (C=O) groups excluding carboxylic acids is 3. The molecule has 0 fully saturated rings. The predicted molar refractivity (Wildman–Crippen MR) is 119 cm³/mol. The van der Waals surface area contributed by atoms with E-state index < -0.39 is 11.8 Å². The van der Waals surface area contributed by atoms with E-state index in [1.807, 2.05) is 13.8 Å². The summed E-state index contributed by atoms with van der Waals surface area (Å²) in [5, 5.41) is 2.80. The summed E-state index contributed by atoms with van der Waals surface area (Å²) in [5.74, 6) is -0.546. The molecular formula is C20H27N5O5S. The van der Waals surface area contributed by atoms with Crippen LogP contribution in [0.15, 0.2) is 18.2 Å². The fraction of sp³-hybridized carbons (Fsp3) is 0.400. The van der Waals surface area contributed by atoms with Crippen LogP contribution < -0.4 is 31.2 Å². The minimum atomic E-state index is -0.840. The van der Waals surface area contributed by atoms with Gasteiger partial charge >= 0.3 is 0 Å². The third kappa shape index (κ3) is 5.85. The molecule has 2 rings (SSSR count). The molecule has 3 amide bonds. The highest BCUT2D eigenvalue weighted by Crippen LogP contribution is 2.34. The minimum Gasteiger partial charge on any atom is -0.497 e. The van der Waals surface area contributed by atoms with E-state index in [0.717, 1.165) is 18.0 Å². The van der Waals surface area contributed by atoms with E-state index in [-0.39, 0.29) is 28.7 Å². The van der Waals surface area contributed by atoms with Gasteiger partial charge in [-0.2, -0.15) is 4.37 Å². The molecule has 5 N–H and O–H groups in total. The molecule has 31 heavy (non-hydrogen) atoms. The van der Waals surface area contributed by atoms with Gasteiger partial charge in [-0.3, -0.25) is 19.3 Å². The number of primary amides is 1. The Morgan fingerprint density at radius 3 is 2.48 bits per heavy atom. The van der Waals surface area contributed by atoms with Crippen LogP contribution >= 0.6 is 11.5 Å². The van der Waals surface area contributed by atoms with Gasteiger partial charge in [-0.1, -0.05) is 13.8 Å². The van der Waals surface area contributed by atoms with Crippen LogP contribution in [0.5, 0.6) is 11.5 Å². The molecule has 0 unspecified atom stereocenters. The van der Waals surface area contributed by atoms with Crippen LogP contribution in [0.3, 0.4) is 0 Å². The van der Waals surface area contributed by atoms with Crippen molar-refractivity contribution < 1.29 is 23.9 Å². The van der Waals surface area contributed by atoms with E-state index in [1.165, 1.54) is 19.1 Å². The second kappa shape index (κ2) is 10.6. The number of nitrogens with zero attached hydrogens (tertiary/aromatic N) is 2. The topological polar surface area (TPSA) is 150 Å². The van der Waals surface area contributed by atoms with Crippen molar-refractivity contribution >= 4 is 40.6 Å². The summed E-state index contributed by atoms with van der Waals surface area (Å²) in [4.78, 5) is 38.6. The molecule has 0 saturated heterocycles. The molecule has 2 aromatic rings. The van der Waals surface area contributed by atoms with E-state index in [9.17, 15) is 14.4 Å². The highest BCUT2D eigenvalue weighted by molar-refractivity contribution is 7.09. The first kappa shape index (κ1) is 23.9. The third-order valence-corrected chi connectivity index (χ3v) is 5.27. The maximum Gasteiger partial charge on any atom is 0.272 e. The molecule has 10 nitrogen and oxygen atoms in total. The Kier molecular flexibility index (Phi) is 8.20. The maximum absolute atomic E-state index is 13.3. The number of amides is 3. The Bertz CT molecular complexity index is 959. The largest absolute Gasteiger partial charge is 0.497 e. The number of rotatable bonds is 10. The molecule has 0 atom stereocenters. The molecule has 11 heteroatoms. The molecular weight excluding hydrogens is 422 g/mol. The zero-order chi connectivity index (χ0) is 23.1. The highest BCUT2D eigenvalue weighted by atomic mass is 32.1. The zero-order valence-electron chi connectivity index (χ0n) is 17.9. The number of ether oxygens (including phenoxy) is 2. The number of nitrogen functional groups attached to an aromatic ring is 1. The van der Waals surface area contributed by atoms with Gasteiger partial charge in [0.15, 0.2) is 5.69 Å². The SMILES string of the molecule is COc1ccc(N(CC(=O)NCCC(C)C)C(=O)c2snc(C(N)=O)c2N)c(OC)c1. The van der Waals surface area contributed by atoms with Crippen molar-refractivity contribution in [3.05, 3.63) is 28.8 Å². The van der Waals surface area contributed by atoms with Gasteiger partial charge in [0.05, 0.1) is 25.6 Å². The number of nitrogens with two attached hydrogens (primary N) is 2. The monoisotopic (exact) mass is 449 g/mol. The molecule has 0 bridgehead atoms. The summed E-state index contributed by atoms with van der Waals surface area (Å²) in [6.07, 6.45) is 0.801. The van der Waals surface area contributed by atoms with Gasteiger partial charge in [-0.25, -0.2) is 0 Å². The second-order valence-electron chi connectivity index (χ2n) is 7.10. The number of aromatic nitrogens is 1. The van der Waals surface area contributed by atoms with E-state index in [1.54, 1.807) is 18.2 Å². The van der Waals surface area contributed by atoms with Gasteiger partial charge in [0.1, 0.15) is 22.9 Å². The normalized spacial score (nSPS) is 10.6. The van der Waals surface area contributed by atoms with E-state index in [4.69, 9.17) is 20.9 Å². The number of hydrogen-bond acceptors (Lipinski definition) is 8. The molecule has 1 aromatic carbocycles. The Morgan fingerprint density at radius 2 is 1.94 bits per heavy atom. The van der Waals surface area contributed by atoms with Gasteiger partial charge in [0.25, 0.3) is 11.8 Å². The number of carbonyl (C=O) groups is 3. The first-order chi connectivity index (χ1) is 14.7. The van der Waals surface area contributed by atoms with Gasteiger partial charge in [-0.15, -0.1) is 0 Å². The molecule has 1 heterocycles. The summed E-state index contributed by atoms with van der Waals surface area (Å²) >= 11 is 0.741. The summed E-state index contributed by atoms with van der Waals surface area (Å²) in [6.45, 7) is 4.29. The lowest BCUT2D eigenvalue weighted by Crippen LogP contribution is -2.41. The lowest BCUT2D eigenvalue weighted by atomic mass is 10.1. The van der Waals surface area contributed by atoms with Crippen LogP contribution in [0.4, 0.5) is 11.4 Å². The standard InChI is InChI=1S/C20H27N5O5S/c1-11(2)7-8-23-15(26)10-25(13-6-5-12(29-3)9-14(13)30-4)20(28)18-16(21)17(19(22)27)24-31-18/h5-6,9,11H,7-8,10,21H2,1-4H3,(H2,22,27)(H,23,26). The summed E-state index contributed by atoms with van der Waals surface area (Å²) < 4.78 is 14.5. The Hall–Kier alpha value is -3.34. The second-order valence-corrected chi connectivity index (χ2v) is 7.87. The molecule has 0 aliphatic heterocycles. The zero-order valence-corrected chi connectivity index (χ0v) is 18.7. The highest BCUT2D eigenvalue weighted by Gasteiger charge is 2.29. The van der Waals surface area contributed by atoms with Crippen molar-refractivity contribution in [2.75, 3.05) is 37.9 Å². The first-order valence-electron chi connectivity index (χ1n) is 9.55. The number of methoxy groups -OCH3 is 2. The molecule has 0 spiro atoms. The fourth-order valence-electron chi connectivity index (χ4n) is 2.73. The van der Waals surface area contributed by atoms with Crippen LogP contribution in [0.2, 0.25) is 0 Å². The Labute approximate surface area is 184 Å². The lowest BCUT2D eigenvalue weighted by molar-refractivity contribution is -0.119. The molecule has 168 valence electrons. The maximum atomic E-state index is 13.3. The van der Waals surface area contributed by atoms with Crippen LogP contribution in [0.1, 0.15) is 40.4 Å². The van der Waals surface area contributed by atoms with Gasteiger partial charge in [0, 0.05) is 12.6 Å². The van der Waals surface area contributed by atoms with Crippen molar-refractivity contribution in [3.8, 4) is 11.5 Å². The van der Waals surface area contributed by atoms with Crippen LogP contribution in [0, 0.1) is 5.92 Å². The molecule has 0 aliphatic carbocycles. The van der Waals surface area contributed by atoms with Crippen molar-refractivity contribution in [2.24, 2.45) is 11.7 Å². The van der Waals surface area contributed by atoms with Crippen LogP contribution in [-0.4, -0.2) is 49.4 Å². The van der Waals surface area contributed by atoms with Gasteiger partial charge < -0.3 is 26.3 Å². The molecule has 1 aromatic heterocycles. The average molecular weight is 450 g/mol. The number of hydrogen-bond donors (Lipinski definition) is 3. The molecule has 0 aliphatic rings. The summed E-state index contributed by atoms with van der Waals surface area (Å²) in [6, 6.07) is 4.83. The molecule has 0 radical (unpaired) electrons. The smallest absolute Gasteiger partial charge is 0.272 e. The molecule has 0 saturated carbocycles. The Morgan fingerprint density at radius 1 is 1.23 bits per heavy atom. The van der Waals surface area contributed by atoms with Crippen molar-refractivity contribution in [3.63, 3.8) is 0 Å².